The summed E-state index contributed by atoms with van der Waals surface area (Å²) >= 11 is 0. The van der Waals surface area contributed by atoms with Crippen molar-refractivity contribution < 1.29 is 18.6 Å². The fraction of sp³-hybridized carbons (Fsp3) is 0.600. The van der Waals surface area contributed by atoms with Crippen molar-refractivity contribution in [1.82, 2.24) is 4.90 Å². The molecule has 1 atom stereocenters. The number of halogens is 2. The molecule has 0 aliphatic carbocycles. The number of rotatable bonds is 4. The minimum atomic E-state index is -2.80. The molecule has 3 nitrogen and oxygen atoms in total. The molecule has 1 N–H and O–H groups in total. The SMILES string of the molecule is CC1(O)CCCN(Cc2ccccc2OC(F)F)CC1. The number of para-hydroxylation sites is 1. The van der Waals surface area contributed by atoms with Gasteiger partial charge in [-0.1, -0.05) is 18.2 Å². The van der Waals surface area contributed by atoms with E-state index in [2.05, 4.69) is 9.64 Å². The Bertz CT molecular complexity index is 438. The van der Waals surface area contributed by atoms with E-state index in [9.17, 15) is 13.9 Å². The van der Waals surface area contributed by atoms with Crippen molar-refractivity contribution in [3.8, 4) is 5.75 Å². The first-order chi connectivity index (χ1) is 9.46. The summed E-state index contributed by atoms with van der Waals surface area (Å²) in [7, 11) is 0. The quantitative estimate of drug-likeness (QED) is 0.923. The second kappa shape index (κ2) is 6.50. The summed E-state index contributed by atoms with van der Waals surface area (Å²) in [6, 6.07) is 6.88. The lowest BCUT2D eigenvalue weighted by Crippen LogP contribution is -2.28. The smallest absolute Gasteiger partial charge is 0.387 e. The predicted molar refractivity (Wildman–Crippen MR) is 72.8 cm³/mol. The normalized spacial score (nSPS) is 24.6. The second-order valence-electron chi connectivity index (χ2n) is 5.61. The molecule has 2 rings (SSSR count). The number of hydrogen-bond donors (Lipinski definition) is 1. The van der Waals surface area contributed by atoms with Crippen molar-refractivity contribution in [1.29, 1.82) is 0 Å². The molecule has 20 heavy (non-hydrogen) atoms. The third-order valence-corrected chi connectivity index (χ3v) is 3.74. The largest absolute Gasteiger partial charge is 0.434 e. The number of nitrogens with zero attached hydrogens (tertiary/aromatic N) is 1. The van der Waals surface area contributed by atoms with E-state index in [1.54, 1.807) is 18.2 Å². The average Bonchev–Trinajstić information content (AvgIpc) is 2.53. The first-order valence-electron chi connectivity index (χ1n) is 6.94. The van der Waals surface area contributed by atoms with Crippen LogP contribution in [0, 0.1) is 0 Å². The molecule has 0 aromatic heterocycles. The highest BCUT2D eigenvalue weighted by molar-refractivity contribution is 5.33. The third-order valence-electron chi connectivity index (χ3n) is 3.74. The Balaban J connectivity index is 2.02. The summed E-state index contributed by atoms with van der Waals surface area (Å²) in [6.45, 7) is 1.24. The van der Waals surface area contributed by atoms with Crippen LogP contribution in [0.3, 0.4) is 0 Å². The van der Waals surface area contributed by atoms with Gasteiger partial charge in [0.2, 0.25) is 0 Å². The maximum atomic E-state index is 12.4. The van der Waals surface area contributed by atoms with Gasteiger partial charge in [-0.15, -0.1) is 0 Å². The summed E-state index contributed by atoms with van der Waals surface area (Å²) < 4.78 is 29.3. The summed E-state index contributed by atoms with van der Waals surface area (Å²) in [5, 5.41) is 10.1. The van der Waals surface area contributed by atoms with Crippen LogP contribution in [0.15, 0.2) is 24.3 Å². The zero-order valence-corrected chi connectivity index (χ0v) is 11.7. The van der Waals surface area contributed by atoms with Gasteiger partial charge in [0, 0.05) is 18.7 Å². The van der Waals surface area contributed by atoms with Gasteiger partial charge in [-0.2, -0.15) is 8.78 Å². The summed E-state index contributed by atoms with van der Waals surface area (Å²) in [5.41, 5.74) is 0.141. The molecule has 1 fully saturated rings. The van der Waals surface area contributed by atoms with Crippen molar-refractivity contribution in [3.63, 3.8) is 0 Å². The number of ether oxygens (including phenoxy) is 1. The fourth-order valence-corrected chi connectivity index (χ4v) is 2.56. The molecule has 1 aromatic rings. The van der Waals surface area contributed by atoms with Gasteiger partial charge in [-0.05, 0) is 38.8 Å². The maximum absolute atomic E-state index is 12.4. The van der Waals surface area contributed by atoms with Gasteiger partial charge < -0.3 is 9.84 Å². The fourth-order valence-electron chi connectivity index (χ4n) is 2.56. The van der Waals surface area contributed by atoms with Crippen molar-refractivity contribution in [2.24, 2.45) is 0 Å². The summed E-state index contributed by atoms with van der Waals surface area (Å²) in [4.78, 5) is 2.18. The van der Waals surface area contributed by atoms with E-state index in [0.717, 1.165) is 31.5 Å². The third kappa shape index (κ3) is 4.42. The Morgan fingerprint density at radius 1 is 1.30 bits per heavy atom. The average molecular weight is 285 g/mol. The lowest BCUT2D eigenvalue weighted by Gasteiger charge is -2.23. The second-order valence-corrected chi connectivity index (χ2v) is 5.61. The first-order valence-corrected chi connectivity index (χ1v) is 6.94. The number of likely N-dealkylation sites (tertiary alicyclic amines) is 1. The Labute approximate surface area is 118 Å². The Morgan fingerprint density at radius 3 is 2.80 bits per heavy atom. The molecule has 1 heterocycles. The van der Waals surface area contributed by atoms with Gasteiger partial charge in [0.25, 0.3) is 0 Å². The first kappa shape index (κ1) is 15.2. The molecule has 0 spiro atoms. The molecular formula is C15H21F2NO2. The molecule has 1 saturated heterocycles. The molecule has 112 valence electrons. The molecule has 1 aliphatic heterocycles. The zero-order chi connectivity index (χ0) is 14.6. The van der Waals surface area contributed by atoms with Crippen LogP contribution in [0.4, 0.5) is 8.78 Å². The molecule has 1 unspecified atom stereocenters. The van der Waals surface area contributed by atoms with E-state index in [1.807, 2.05) is 13.0 Å². The molecular weight excluding hydrogens is 264 g/mol. The van der Waals surface area contributed by atoms with Gasteiger partial charge in [-0.3, -0.25) is 4.90 Å². The monoisotopic (exact) mass is 285 g/mol. The minimum absolute atomic E-state index is 0.235. The number of hydrogen-bond acceptors (Lipinski definition) is 3. The summed E-state index contributed by atoms with van der Waals surface area (Å²) in [5.74, 6) is 0.235. The van der Waals surface area contributed by atoms with E-state index in [1.165, 1.54) is 0 Å². The standard InChI is InChI=1S/C15H21F2NO2/c1-15(19)7-4-9-18(10-8-15)11-12-5-2-3-6-13(12)20-14(16)17/h2-3,5-6,14,19H,4,7-11H2,1H3. The predicted octanol–water partition coefficient (Wildman–Crippen LogP) is 3.02. The highest BCUT2D eigenvalue weighted by Gasteiger charge is 2.25. The van der Waals surface area contributed by atoms with E-state index in [4.69, 9.17) is 0 Å². The number of aliphatic hydroxyl groups is 1. The molecule has 0 amide bonds. The Hall–Kier alpha value is -1.20. The Kier molecular flexibility index (Phi) is 4.94. The van der Waals surface area contributed by atoms with Crippen LogP contribution in [-0.2, 0) is 6.54 Å². The van der Waals surface area contributed by atoms with Gasteiger partial charge in [0.05, 0.1) is 5.60 Å². The van der Waals surface area contributed by atoms with E-state index >= 15 is 0 Å². The molecule has 0 bridgehead atoms. The minimum Gasteiger partial charge on any atom is -0.434 e. The van der Waals surface area contributed by atoms with Crippen LogP contribution < -0.4 is 4.74 Å². The molecule has 1 aliphatic rings. The van der Waals surface area contributed by atoms with Crippen molar-refractivity contribution in [2.45, 2.75) is 44.9 Å². The van der Waals surface area contributed by atoms with Crippen LogP contribution in [0.5, 0.6) is 5.75 Å². The summed E-state index contributed by atoms with van der Waals surface area (Å²) in [6.07, 6.45) is 2.38. The Morgan fingerprint density at radius 2 is 2.05 bits per heavy atom. The molecule has 5 heteroatoms. The van der Waals surface area contributed by atoms with Crippen LogP contribution in [-0.4, -0.2) is 35.3 Å². The van der Waals surface area contributed by atoms with E-state index in [0.29, 0.717) is 13.0 Å². The van der Waals surface area contributed by atoms with Crippen LogP contribution >= 0.6 is 0 Å². The van der Waals surface area contributed by atoms with Gasteiger partial charge >= 0.3 is 6.61 Å². The van der Waals surface area contributed by atoms with Crippen LogP contribution in [0.2, 0.25) is 0 Å². The molecule has 0 saturated carbocycles. The van der Waals surface area contributed by atoms with Gasteiger partial charge in [0.1, 0.15) is 5.75 Å². The van der Waals surface area contributed by atoms with Crippen LogP contribution in [0.1, 0.15) is 31.7 Å². The van der Waals surface area contributed by atoms with Crippen molar-refractivity contribution >= 4 is 0 Å². The number of benzene rings is 1. The topological polar surface area (TPSA) is 32.7 Å². The van der Waals surface area contributed by atoms with Gasteiger partial charge in [-0.25, -0.2) is 0 Å². The maximum Gasteiger partial charge on any atom is 0.387 e. The van der Waals surface area contributed by atoms with E-state index < -0.39 is 12.2 Å². The zero-order valence-electron chi connectivity index (χ0n) is 11.7. The van der Waals surface area contributed by atoms with Crippen LogP contribution in [0.25, 0.3) is 0 Å². The molecule has 1 aromatic carbocycles. The van der Waals surface area contributed by atoms with Gasteiger partial charge in [0.15, 0.2) is 0 Å². The number of alkyl halides is 2. The molecule has 0 radical (unpaired) electrons. The highest BCUT2D eigenvalue weighted by atomic mass is 19.3. The lowest BCUT2D eigenvalue weighted by molar-refractivity contribution is -0.0507. The van der Waals surface area contributed by atoms with E-state index in [-0.39, 0.29) is 5.75 Å². The van der Waals surface area contributed by atoms with Crippen molar-refractivity contribution in [2.75, 3.05) is 13.1 Å². The lowest BCUT2D eigenvalue weighted by atomic mass is 9.98. The van der Waals surface area contributed by atoms with Crippen molar-refractivity contribution in [3.05, 3.63) is 29.8 Å². The highest BCUT2D eigenvalue weighted by Crippen LogP contribution is 2.25.